The molecule has 0 aliphatic carbocycles. The molecule has 0 spiro atoms. The summed E-state index contributed by atoms with van der Waals surface area (Å²) in [5, 5.41) is 0. The summed E-state index contributed by atoms with van der Waals surface area (Å²) >= 11 is 0. The van der Waals surface area contributed by atoms with Crippen molar-refractivity contribution in [2.45, 2.75) is 0 Å². The van der Waals surface area contributed by atoms with Gasteiger partial charge in [0, 0.05) is 13.2 Å². The molecule has 11 heavy (non-hydrogen) atoms. The van der Waals surface area contributed by atoms with Crippen molar-refractivity contribution in [1.82, 2.24) is 0 Å². The van der Waals surface area contributed by atoms with Crippen molar-refractivity contribution in [3.05, 3.63) is 12.7 Å². The summed E-state index contributed by atoms with van der Waals surface area (Å²) in [6, 6.07) is 0. The summed E-state index contributed by atoms with van der Waals surface area (Å²) in [4.78, 5) is 31.3. The van der Waals surface area contributed by atoms with E-state index in [9.17, 15) is 4.79 Å². The van der Waals surface area contributed by atoms with Gasteiger partial charge in [0.25, 0.3) is 0 Å². The number of hydrogen-bond donors (Lipinski definition) is 2. The van der Waals surface area contributed by atoms with Gasteiger partial charge < -0.3 is 14.0 Å². The van der Waals surface area contributed by atoms with Crippen LogP contribution < -0.4 is 0 Å². The van der Waals surface area contributed by atoms with Gasteiger partial charge >= 0.3 is 15.0 Å². The van der Waals surface area contributed by atoms with E-state index in [0.717, 1.165) is 13.2 Å². The molecule has 0 aromatic heterocycles. The number of rotatable bonds is 4. The minimum Gasteiger partial charge on any atom is -0.366 e. The summed E-state index contributed by atoms with van der Waals surface area (Å²) in [6.07, 6.45) is 0.806. The Bertz CT molecular complexity index is 155. The highest BCUT2D eigenvalue weighted by Crippen LogP contribution is 1.96. The van der Waals surface area contributed by atoms with E-state index < -0.39 is 15.0 Å². The van der Waals surface area contributed by atoms with Gasteiger partial charge in [-0.15, -0.1) is 4.58 Å². The first-order chi connectivity index (χ1) is 5.02. The maximum atomic E-state index is 10.3. The van der Waals surface area contributed by atoms with Crippen LogP contribution in [0.2, 0.25) is 0 Å². The molecule has 0 radical (unpaired) electrons. The molecular formula is C4H8O6Si. The van der Waals surface area contributed by atoms with Crippen molar-refractivity contribution < 1.29 is 28.3 Å². The normalized spacial score (nSPS) is 10.8. The molecule has 0 amide bonds. The second-order valence-corrected chi connectivity index (χ2v) is 3.11. The van der Waals surface area contributed by atoms with Gasteiger partial charge in [-0.05, 0) is 0 Å². The summed E-state index contributed by atoms with van der Waals surface area (Å²) in [5.74, 6) is -0.929. The van der Waals surface area contributed by atoms with Gasteiger partial charge in [-0.1, -0.05) is 6.58 Å². The van der Waals surface area contributed by atoms with Crippen molar-refractivity contribution in [2.24, 2.45) is 0 Å². The fourth-order valence-corrected chi connectivity index (χ4v) is 0.422. The predicted octanol–water partition coefficient (Wildman–Crippen LogP) is -1.29. The van der Waals surface area contributed by atoms with Crippen LogP contribution in [0.15, 0.2) is 12.7 Å². The molecule has 0 aromatic carbocycles. The molecule has 0 heterocycles. The fraction of sp³-hybridized carbons (Fsp3) is 0.250. The zero-order valence-electron chi connectivity index (χ0n) is 5.81. The molecule has 64 valence electrons. The number of carbonyl (C=O) groups excluding carboxylic acids is 1. The lowest BCUT2D eigenvalue weighted by Crippen LogP contribution is -2.42. The Hall–Kier alpha value is -0.733. The SMILES string of the molecule is C=CC(=O)OO[Si](O)(O)OC. The lowest BCUT2D eigenvalue weighted by molar-refractivity contribution is -0.245. The first kappa shape index (κ1) is 10.3. The highest BCUT2D eigenvalue weighted by Gasteiger charge is 2.38. The van der Waals surface area contributed by atoms with E-state index in [-0.39, 0.29) is 0 Å². The third-order valence-electron chi connectivity index (χ3n) is 0.665. The Labute approximate surface area is 64.0 Å². The van der Waals surface area contributed by atoms with E-state index in [2.05, 4.69) is 20.5 Å². The van der Waals surface area contributed by atoms with Crippen LogP contribution in [0.1, 0.15) is 0 Å². The number of hydrogen-bond acceptors (Lipinski definition) is 6. The molecule has 7 heteroatoms. The second kappa shape index (κ2) is 4.21. The van der Waals surface area contributed by atoms with Crippen molar-refractivity contribution in [3.63, 3.8) is 0 Å². The largest absolute Gasteiger partial charge is 0.711 e. The molecular weight excluding hydrogens is 172 g/mol. The van der Waals surface area contributed by atoms with Crippen LogP contribution in [0.4, 0.5) is 0 Å². The van der Waals surface area contributed by atoms with Gasteiger partial charge in [0.15, 0.2) is 0 Å². The van der Waals surface area contributed by atoms with Crippen LogP contribution in [0.25, 0.3) is 0 Å². The van der Waals surface area contributed by atoms with E-state index in [0.29, 0.717) is 0 Å². The van der Waals surface area contributed by atoms with Crippen LogP contribution in [-0.2, 0) is 18.7 Å². The average molecular weight is 180 g/mol. The molecule has 2 N–H and O–H groups in total. The highest BCUT2D eigenvalue weighted by atomic mass is 28.4. The van der Waals surface area contributed by atoms with Gasteiger partial charge in [0.05, 0.1) is 0 Å². The van der Waals surface area contributed by atoms with Gasteiger partial charge in [-0.3, -0.25) is 4.89 Å². The van der Waals surface area contributed by atoms with E-state index in [1.807, 2.05) is 0 Å². The Morgan fingerprint density at radius 2 is 2.18 bits per heavy atom. The molecule has 0 bridgehead atoms. The Morgan fingerprint density at radius 1 is 1.64 bits per heavy atom. The van der Waals surface area contributed by atoms with Crippen molar-refractivity contribution in [3.8, 4) is 0 Å². The van der Waals surface area contributed by atoms with Gasteiger partial charge in [-0.25, -0.2) is 4.79 Å². The molecule has 0 rings (SSSR count). The number of carbonyl (C=O) groups is 1. The zero-order chi connectivity index (χ0) is 8.91. The Kier molecular flexibility index (Phi) is 3.93. The van der Waals surface area contributed by atoms with Gasteiger partial charge in [-0.2, -0.15) is 0 Å². The molecule has 0 saturated carbocycles. The topological polar surface area (TPSA) is 85.2 Å². The van der Waals surface area contributed by atoms with Crippen LogP contribution >= 0.6 is 0 Å². The minimum atomic E-state index is -4.25. The fourth-order valence-electron chi connectivity index (χ4n) is 0.163. The van der Waals surface area contributed by atoms with Crippen molar-refractivity contribution in [2.75, 3.05) is 7.11 Å². The summed E-state index contributed by atoms with van der Waals surface area (Å²) in [7, 11) is -3.24. The Balaban J connectivity index is 3.69. The quantitative estimate of drug-likeness (QED) is 0.242. The summed E-state index contributed by atoms with van der Waals surface area (Å²) < 4.78 is 7.89. The molecule has 0 aliphatic rings. The standard InChI is InChI=1S/C4H8O6Si/c1-3-4(5)9-10-11(6,7)8-2/h3,6-7H,1H2,2H3. The third kappa shape index (κ3) is 4.64. The van der Waals surface area contributed by atoms with Gasteiger partial charge in [0.2, 0.25) is 0 Å². The zero-order valence-corrected chi connectivity index (χ0v) is 6.81. The van der Waals surface area contributed by atoms with Crippen LogP contribution in [0.3, 0.4) is 0 Å². The maximum absolute atomic E-state index is 10.3. The summed E-state index contributed by atoms with van der Waals surface area (Å²) in [6.45, 7) is 3.04. The molecule has 0 saturated heterocycles. The lowest BCUT2D eigenvalue weighted by Gasteiger charge is -2.10. The first-order valence-electron chi connectivity index (χ1n) is 2.54. The summed E-state index contributed by atoms with van der Waals surface area (Å²) in [5.41, 5.74) is 0. The lowest BCUT2D eigenvalue weighted by atomic mass is 10.7. The molecule has 0 aliphatic heterocycles. The predicted molar refractivity (Wildman–Crippen MR) is 34.6 cm³/mol. The molecule has 0 fully saturated rings. The van der Waals surface area contributed by atoms with E-state index in [1.165, 1.54) is 0 Å². The highest BCUT2D eigenvalue weighted by molar-refractivity contribution is 6.49. The molecule has 0 atom stereocenters. The molecule has 6 nitrogen and oxygen atoms in total. The average Bonchev–Trinajstić information content (AvgIpc) is 2.00. The van der Waals surface area contributed by atoms with Crippen LogP contribution in [0.5, 0.6) is 0 Å². The molecule has 0 aromatic rings. The maximum Gasteiger partial charge on any atom is 0.711 e. The van der Waals surface area contributed by atoms with E-state index in [1.54, 1.807) is 0 Å². The smallest absolute Gasteiger partial charge is 0.366 e. The van der Waals surface area contributed by atoms with Crippen molar-refractivity contribution >= 4 is 15.0 Å². The van der Waals surface area contributed by atoms with Crippen LogP contribution in [0, 0.1) is 0 Å². The second-order valence-electron chi connectivity index (χ2n) is 1.44. The van der Waals surface area contributed by atoms with E-state index in [4.69, 9.17) is 9.59 Å². The van der Waals surface area contributed by atoms with Gasteiger partial charge in [0.1, 0.15) is 0 Å². The van der Waals surface area contributed by atoms with Crippen molar-refractivity contribution in [1.29, 1.82) is 0 Å². The Morgan fingerprint density at radius 3 is 2.55 bits per heavy atom. The minimum absolute atomic E-state index is 0.806. The monoisotopic (exact) mass is 180 g/mol. The van der Waals surface area contributed by atoms with Crippen LogP contribution in [-0.4, -0.2) is 31.7 Å². The molecule has 0 unspecified atom stereocenters. The van der Waals surface area contributed by atoms with E-state index >= 15 is 0 Å². The first-order valence-corrected chi connectivity index (χ1v) is 4.25. The third-order valence-corrected chi connectivity index (χ3v) is 1.50.